The zero-order chi connectivity index (χ0) is 95.6. The molecule has 11 fully saturated rings. The standard InChI is InChI=1S/C8H16O6Se.2C7H14O4Se.C6H12O6Se.4C6H12O4Se.2C6H12O3Se.C6H12O2Se/c9-1-3-5(11)7(13)8(14)6(12)4(2-10)15-3;8-2-1-5-7(11)6(10)4(9)3-12-5;8-3-5-7(11)6(10)4(9)1-2-12-5;7-1-2(8)4(10)6(12)13-5(11)3(1)9;7-3-1-11-2-4(8)6(10)5(3)9;7-3-1-5(9)11-2-4(8)6(3)10;7-2-3-1-4(8)5(9)6(10)11-3;7-3-1-2-11-6(10)5(9)4(3)8;7-2-4-1-5(8)6(9)3-10-4;7-4-1-2-10-3-5(8)6(4)9;7-5-1-3-9-4-2-6(5)8/h3-14H,1-2H2;2*4-11H,1-3H2;1-12H;4*3-10H,1-2H2;2*4-9H,1-3H2;5-8H,1-4H2. The van der Waals surface area contributed by atoms with Crippen LogP contribution in [0.5, 0.6) is 0 Å². The molecule has 11 aliphatic heterocycles. The fourth-order valence-corrected chi connectivity index (χ4v) is 36.7. The molecular formula is C70H140O44Se11. The van der Waals surface area contributed by atoms with Crippen molar-refractivity contribution in [3.05, 3.63) is 0 Å². The summed E-state index contributed by atoms with van der Waals surface area (Å²) < 4.78 is 0. The monoisotopic (exact) mass is 2560 g/mol. The van der Waals surface area contributed by atoms with E-state index in [2.05, 4.69) is 0 Å². The van der Waals surface area contributed by atoms with Crippen molar-refractivity contribution in [1.29, 1.82) is 0 Å². The topological polar surface area (TPSA) is 890 Å². The fraction of sp³-hybridized carbons (Fsp3) is 1.00. The van der Waals surface area contributed by atoms with E-state index < -0.39 is 266 Å². The molecule has 750 valence electrons. The average Bonchev–Trinajstić information content (AvgIpc) is 1.77. The third kappa shape index (κ3) is 46.5. The molecule has 11 rings (SSSR count). The second-order valence-corrected chi connectivity index (χ2v) is 59.5. The summed E-state index contributed by atoms with van der Waals surface area (Å²) in [5.74, 6) is 0. The first-order valence-electron chi connectivity index (χ1n) is 39.9. The Hall–Kier alpha value is 3.95. The molecule has 0 saturated carbocycles. The van der Waals surface area contributed by atoms with Gasteiger partial charge in [0.2, 0.25) is 0 Å². The molecule has 0 aromatic rings. The SMILES string of the molecule is OC1CC(O)C(O)C(O)C[Se]1.OC1CC[Se]C(O)C(O)C1O.OC1CC[Se]CC(O)C1O.OC1CC[Se]CCC1O.OC1C[Se]CC(O)C(O)C1O.OC1[Se]C(O)C(O)C(O)C(O)C1O.OCC1CC(O)C(O)C(O)[Se]1.OCC1CC(O)C(O)C[Se]1.OCC1[Se]C(CO)C(O)C(O)C(O)C1O.OCC1[Se]CCC(O)C(O)C1O.OCCC1[Se]CC(O)C(O)C1O. The van der Waals surface area contributed by atoms with Crippen LogP contribution in [0.15, 0.2) is 0 Å². The predicted octanol–water partition coefficient (Wildman–Crippen LogP) is -21.0. The number of aliphatic hydroxyl groups excluding tert-OH is 44. The van der Waals surface area contributed by atoms with Crippen LogP contribution in [0.4, 0.5) is 0 Å². The van der Waals surface area contributed by atoms with Crippen molar-refractivity contribution in [1.82, 2.24) is 0 Å². The Morgan fingerprint density at radius 3 is 0.992 bits per heavy atom. The van der Waals surface area contributed by atoms with Crippen LogP contribution in [0, 0.1) is 0 Å². The van der Waals surface area contributed by atoms with Crippen molar-refractivity contribution in [2.75, 3.05) is 39.6 Å². The molecule has 44 unspecified atom stereocenters. The van der Waals surface area contributed by atoms with E-state index in [-0.39, 0.29) is 155 Å². The van der Waals surface area contributed by atoms with Crippen molar-refractivity contribution in [2.45, 2.75) is 372 Å². The van der Waals surface area contributed by atoms with Gasteiger partial charge in [0.15, 0.2) is 0 Å². The summed E-state index contributed by atoms with van der Waals surface area (Å²) >= 11 is 0.121. The zero-order valence-corrected chi connectivity index (χ0v) is 86.8. The van der Waals surface area contributed by atoms with E-state index in [9.17, 15) is 51.1 Å². The minimum atomic E-state index is -1.64. The summed E-state index contributed by atoms with van der Waals surface area (Å²) in [6, 6.07) is 0. The van der Waals surface area contributed by atoms with Gasteiger partial charge in [0.1, 0.15) is 0 Å². The Balaban J connectivity index is 0.000000689. The first-order chi connectivity index (χ1) is 58.6. The molecule has 55 heteroatoms. The molecule has 11 saturated heterocycles. The van der Waals surface area contributed by atoms with E-state index in [4.69, 9.17) is 174 Å². The van der Waals surface area contributed by atoms with E-state index in [0.717, 1.165) is 34.1 Å². The Morgan fingerprint density at radius 1 is 0.184 bits per heavy atom. The van der Waals surface area contributed by atoms with Crippen LogP contribution in [-0.2, 0) is 0 Å². The summed E-state index contributed by atoms with van der Waals surface area (Å²) in [5.41, 5.74) is 0. The molecule has 0 amide bonds. The second-order valence-electron chi connectivity index (χ2n) is 30.1. The average molecular weight is 2550 g/mol. The molecule has 0 aromatic heterocycles. The molecule has 0 spiro atoms. The second kappa shape index (κ2) is 68.9. The number of aliphatic hydroxyl groups is 44. The van der Waals surface area contributed by atoms with Crippen molar-refractivity contribution >= 4 is 165 Å². The summed E-state index contributed by atoms with van der Waals surface area (Å²) in [5, 5.41) is 406. The van der Waals surface area contributed by atoms with Gasteiger partial charge in [0.05, 0.1) is 0 Å². The van der Waals surface area contributed by atoms with Crippen molar-refractivity contribution in [3.63, 3.8) is 0 Å². The van der Waals surface area contributed by atoms with Gasteiger partial charge in [-0.05, 0) is 0 Å². The number of rotatable bonds is 7. The third-order valence-corrected chi connectivity index (χ3v) is 48.8. The van der Waals surface area contributed by atoms with Gasteiger partial charge in [-0.25, -0.2) is 0 Å². The van der Waals surface area contributed by atoms with Gasteiger partial charge in [-0.2, -0.15) is 0 Å². The number of hydrogen-bond acceptors (Lipinski definition) is 44. The Bertz CT molecular complexity index is 2520. The van der Waals surface area contributed by atoms with Gasteiger partial charge >= 0.3 is 800 Å². The summed E-state index contributed by atoms with van der Waals surface area (Å²) in [6.07, 6.45) is -29.0. The Labute approximate surface area is 793 Å². The Kier molecular flexibility index (Phi) is 70.0. The van der Waals surface area contributed by atoms with Gasteiger partial charge in [-0.15, -0.1) is 0 Å². The molecule has 0 aliphatic carbocycles. The molecule has 44 nitrogen and oxygen atoms in total. The third-order valence-electron chi connectivity index (χ3n) is 20.2. The Morgan fingerprint density at radius 2 is 0.520 bits per heavy atom. The first kappa shape index (κ1) is 127. The van der Waals surface area contributed by atoms with Gasteiger partial charge in [0, 0.05) is 0 Å². The maximum absolute atomic E-state index is 9.57. The minimum absolute atomic E-state index is 0.0131. The summed E-state index contributed by atoms with van der Waals surface area (Å²) in [6.45, 7) is -0.607. The molecule has 125 heavy (non-hydrogen) atoms. The fourth-order valence-electron chi connectivity index (χ4n) is 11.8. The van der Waals surface area contributed by atoms with Crippen LogP contribution >= 0.6 is 0 Å². The molecule has 0 aromatic carbocycles. The van der Waals surface area contributed by atoms with Crippen LogP contribution in [0.3, 0.4) is 0 Å². The molecule has 11 heterocycles. The molecule has 44 atom stereocenters. The zero-order valence-electron chi connectivity index (χ0n) is 68.0. The van der Waals surface area contributed by atoms with E-state index in [1.807, 2.05) is 0 Å². The van der Waals surface area contributed by atoms with Gasteiger partial charge in [-0.1, -0.05) is 0 Å². The maximum atomic E-state index is 9.57. The van der Waals surface area contributed by atoms with Gasteiger partial charge in [0.25, 0.3) is 0 Å². The van der Waals surface area contributed by atoms with Crippen LogP contribution < -0.4 is 0 Å². The van der Waals surface area contributed by atoms with Crippen molar-refractivity contribution in [2.24, 2.45) is 0 Å². The van der Waals surface area contributed by atoms with Crippen LogP contribution in [-0.4, -0.2) is 655 Å². The summed E-state index contributed by atoms with van der Waals surface area (Å²) in [7, 11) is 0. The molecule has 0 bridgehead atoms. The van der Waals surface area contributed by atoms with Gasteiger partial charge < -0.3 is 0 Å². The van der Waals surface area contributed by atoms with Crippen LogP contribution in [0.1, 0.15) is 57.8 Å². The quantitative estimate of drug-likeness (QED) is 0.105. The molecule has 0 radical (unpaired) electrons. The molecule has 44 N–H and O–H groups in total. The van der Waals surface area contributed by atoms with Crippen molar-refractivity contribution < 1.29 is 225 Å². The molecular weight excluding hydrogens is 2410 g/mol. The van der Waals surface area contributed by atoms with Crippen LogP contribution in [0.2, 0.25) is 87.4 Å². The summed E-state index contributed by atoms with van der Waals surface area (Å²) in [4.78, 5) is -1.18. The van der Waals surface area contributed by atoms with Gasteiger partial charge in [-0.3, -0.25) is 0 Å². The van der Waals surface area contributed by atoms with E-state index in [1.54, 1.807) is 0 Å². The predicted molar refractivity (Wildman–Crippen MR) is 451 cm³/mol. The van der Waals surface area contributed by atoms with E-state index >= 15 is 0 Å². The van der Waals surface area contributed by atoms with Crippen LogP contribution in [0.25, 0.3) is 0 Å². The van der Waals surface area contributed by atoms with E-state index in [1.165, 1.54) is 0 Å². The van der Waals surface area contributed by atoms with E-state index in [0.29, 0.717) is 121 Å². The first-order valence-corrected chi connectivity index (χ1v) is 64.1. The normalized spacial score (nSPS) is 45.5. The molecule has 11 aliphatic rings. The number of hydrogen-bond donors (Lipinski definition) is 44. The van der Waals surface area contributed by atoms with Crippen molar-refractivity contribution in [3.8, 4) is 0 Å².